The van der Waals surface area contributed by atoms with Gasteiger partial charge in [-0.05, 0) is 12.8 Å². The number of rotatable bonds is 3. The molecule has 3 rings (SSSR count). The number of alkyl halides is 1. The first-order valence-corrected chi connectivity index (χ1v) is 8.38. The van der Waals surface area contributed by atoms with E-state index in [4.69, 9.17) is 16.3 Å². The van der Waals surface area contributed by atoms with Crippen molar-refractivity contribution in [2.24, 2.45) is 0 Å². The molecule has 0 aromatic carbocycles. The van der Waals surface area contributed by atoms with E-state index in [1.807, 2.05) is 4.90 Å². The second kappa shape index (κ2) is 6.20. The van der Waals surface area contributed by atoms with Crippen LogP contribution in [-0.2, 0) is 9.53 Å². The van der Waals surface area contributed by atoms with E-state index < -0.39 is 0 Å². The molecule has 0 bridgehead atoms. The van der Waals surface area contributed by atoms with Gasteiger partial charge in [-0.25, -0.2) is 0 Å². The van der Waals surface area contributed by atoms with Gasteiger partial charge in [-0.2, -0.15) is 0 Å². The Hall–Kier alpha value is -0.320. The molecule has 2 aliphatic heterocycles. The zero-order chi connectivity index (χ0) is 14.0. The summed E-state index contributed by atoms with van der Waals surface area (Å²) in [6.45, 7) is 5.27. The minimum absolute atomic E-state index is 0.00725. The Morgan fingerprint density at radius 3 is 2.50 bits per heavy atom. The molecule has 1 aliphatic carbocycles. The standard InChI is InChI=1S/C15H25ClN2O2/c16-13-10-14(19)17(11-13)12-15(4-2-1-3-5-15)18-6-8-20-9-7-18/h13H,1-12H2. The number of ether oxygens (including phenoxy) is 1. The Kier molecular flexibility index (Phi) is 4.53. The molecule has 2 saturated heterocycles. The lowest BCUT2D eigenvalue weighted by Gasteiger charge is -2.49. The lowest BCUT2D eigenvalue weighted by Crippen LogP contribution is -2.59. The fourth-order valence-corrected chi connectivity index (χ4v) is 4.35. The van der Waals surface area contributed by atoms with Crippen molar-refractivity contribution in [3.8, 4) is 0 Å². The Balaban J connectivity index is 1.73. The van der Waals surface area contributed by atoms with Gasteiger partial charge >= 0.3 is 0 Å². The number of nitrogens with zero attached hydrogens (tertiary/aromatic N) is 2. The highest BCUT2D eigenvalue weighted by molar-refractivity contribution is 6.22. The van der Waals surface area contributed by atoms with Crippen LogP contribution >= 0.6 is 11.6 Å². The Bertz CT molecular complexity index is 352. The van der Waals surface area contributed by atoms with Crippen molar-refractivity contribution < 1.29 is 9.53 Å². The minimum Gasteiger partial charge on any atom is -0.379 e. The highest BCUT2D eigenvalue weighted by Crippen LogP contribution is 2.36. The van der Waals surface area contributed by atoms with E-state index in [-0.39, 0.29) is 16.8 Å². The first-order valence-electron chi connectivity index (χ1n) is 7.94. The molecular weight excluding hydrogens is 276 g/mol. The van der Waals surface area contributed by atoms with Gasteiger partial charge in [-0.15, -0.1) is 11.6 Å². The average Bonchev–Trinajstić information content (AvgIpc) is 2.79. The van der Waals surface area contributed by atoms with Gasteiger partial charge in [0.2, 0.25) is 5.91 Å². The van der Waals surface area contributed by atoms with Gasteiger partial charge in [0.05, 0.1) is 18.6 Å². The van der Waals surface area contributed by atoms with Gasteiger partial charge in [-0.3, -0.25) is 9.69 Å². The third-order valence-corrected chi connectivity index (χ3v) is 5.41. The molecule has 20 heavy (non-hydrogen) atoms. The van der Waals surface area contributed by atoms with Crippen LogP contribution in [0, 0.1) is 0 Å². The molecule has 0 aromatic heterocycles. The zero-order valence-corrected chi connectivity index (χ0v) is 12.9. The van der Waals surface area contributed by atoms with E-state index in [0.29, 0.717) is 6.42 Å². The fourth-order valence-electron chi connectivity index (χ4n) is 4.05. The Labute approximate surface area is 126 Å². The monoisotopic (exact) mass is 300 g/mol. The van der Waals surface area contributed by atoms with Crippen molar-refractivity contribution in [1.82, 2.24) is 9.80 Å². The predicted molar refractivity (Wildman–Crippen MR) is 79.0 cm³/mol. The third-order valence-electron chi connectivity index (χ3n) is 5.12. The SMILES string of the molecule is O=C1CC(Cl)CN1CC1(N2CCOCC2)CCCCC1. The summed E-state index contributed by atoms with van der Waals surface area (Å²) in [6.07, 6.45) is 6.83. The number of halogens is 1. The summed E-state index contributed by atoms with van der Waals surface area (Å²) in [6, 6.07) is 0. The fraction of sp³-hybridized carbons (Fsp3) is 0.933. The summed E-state index contributed by atoms with van der Waals surface area (Å²) in [4.78, 5) is 16.7. The molecule has 114 valence electrons. The number of likely N-dealkylation sites (tertiary alicyclic amines) is 1. The molecule has 1 unspecified atom stereocenters. The lowest BCUT2D eigenvalue weighted by molar-refractivity contribution is -0.131. The number of carbonyl (C=O) groups is 1. The number of hydrogen-bond acceptors (Lipinski definition) is 3. The van der Waals surface area contributed by atoms with Crippen molar-refractivity contribution in [3.63, 3.8) is 0 Å². The summed E-state index contributed by atoms with van der Waals surface area (Å²) >= 11 is 6.15. The normalized spacial score (nSPS) is 31.8. The number of amides is 1. The van der Waals surface area contributed by atoms with Crippen LogP contribution in [0.3, 0.4) is 0 Å². The maximum atomic E-state index is 12.1. The van der Waals surface area contributed by atoms with E-state index in [1.165, 1.54) is 32.1 Å². The van der Waals surface area contributed by atoms with Crippen LogP contribution in [-0.4, -0.2) is 66.0 Å². The first kappa shape index (κ1) is 14.6. The smallest absolute Gasteiger partial charge is 0.224 e. The maximum Gasteiger partial charge on any atom is 0.224 e. The van der Waals surface area contributed by atoms with Gasteiger partial charge in [-0.1, -0.05) is 19.3 Å². The molecule has 3 fully saturated rings. The van der Waals surface area contributed by atoms with E-state index in [2.05, 4.69) is 4.90 Å². The van der Waals surface area contributed by atoms with Crippen molar-refractivity contribution in [2.75, 3.05) is 39.4 Å². The van der Waals surface area contributed by atoms with Crippen molar-refractivity contribution in [3.05, 3.63) is 0 Å². The van der Waals surface area contributed by atoms with E-state index in [0.717, 1.165) is 39.4 Å². The summed E-state index contributed by atoms with van der Waals surface area (Å²) < 4.78 is 5.50. The van der Waals surface area contributed by atoms with Crippen LogP contribution in [0.2, 0.25) is 0 Å². The lowest BCUT2D eigenvalue weighted by atomic mass is 9.79. The van der Waals surface area contributed by atoms with Gasteiger partial charge in [0.15, 0.2) is 0 Å². The largest absolute Gasteiger partial charge is 0.379 e. The van der Waals surface area contributed by atoms with Crippen molar-refractivity contribution in [2.45, 2.75) is 49.4 Å². The van der Waals surface area contributed by atoms with Gasteiger partial charge in [0, 0.05) is 38.1 Å². The number of hydrogen-bond donors (Lipinski definition) is 0. The zero-order valence-electron chi connectivity index (χ0n) is 12.2. The highest BCUT2D eigenvalue weighted by Gasteiger charge is 2.42. The Morgan fingerprint density at radius 1 is 1.20 bits per heavy atom. The minimum atomic E-state index is 0.00725. The topological polar surface area (TPSA) is 32.8 Å². The molecule has 3 aliphatic rings. The number of morpholine rings is 1. The average molecular weight is 301 g/mol. The quantitative estimate of drug-likeness (QED) is 0.746. The highest BCUT2D eigenvalue weighted by atomic mass is 35.5. The summed E-state index contributed by atoms with van der Waals surface area (Å²) in [5, 5.41) is 0.00725. The van der Waals surface area contributed by atoms with Crippen LogP contribution in [0.4, 0.5) is 0 Å². The molecule has 2 heterocycles. The van der Waals surface area contributed by atoms with Crippen LogP contribution in [0.5, 0.6) is 0 Å². The second-order valence-electron chi connectivity index (χ2n) is 6.46. The van der Waals surface area contributed by atoms with Crippen LogP contribution in [0.1, 0.15) is 38.5 Å². The molecule has 0 spiro atoms. The molecule has 5 heteroatoms. The molecule has 0 N–H and O–H groups in total. The molecule has 0 aromatic rings. The van der Waals surface area contributed by atoms with Crippen LogP contribution in [0.25, 0.3) is 0 Å². The Morgan fingerprint density at radius 2 is 1.90 bits per heavy atom. The summed E-state index contributed by atoms with van der Waals surface area (Å²) in [5.41, 5.74) is 0.179. The van der Waals surface area contributed by atoms with E-state index in [1.54, 1.807) is 0 Å². The van der Waals surface area contributed by atoms with E-state index in [9.17, 15) is 4.79 Å². The van der Waals surface area contributed by atoms with Gasteiger partial charge in [0.1, 0.15) is 0 Å². The van der Waals surface area contributed by atoms with Crippen LogP contribution in [0.15, 0.2) is 0 Å². The van der Waals surface area contributed by atoms with Crippen LogP contribution < -0.4 is 0 Å². The molecule has 1 atom stereocenters. The first-order chi connectivity index (χ1) is 9.70. The maximum absolute atomic E-state index is 12.1. The second-order valence-corrected chi connectivity index (χ2v) is 7.08. The van der Waals surface area contributed by atoms with Crippen molar-refractivity contribution in [1.29, 1.82) is 0 Å². The molecule has 1 saturated carbocycles. The van der Waals surface area contributed by atoms with Crippen molar-refractivity contribution >= 4 is 17.5 Å². The van der Waals surface area contributed by atoms with E-state index >= 15 is 0 Å². The molecule has 4 nitrogen and oxygen atoms in total. The van der Waals surface area contributed by atoms with Gasteiger partial charge in [0.25, 0.3) is 0 Å². The predicted octanol–water partition coefficient (Wildman–Crippen LogP) is 1.86. The molecular formula is C15H25ClN2O2. The third kappa shape index (κ3) is 2.97. The molecule has 0 radical (unpaired) electrons. The summed E-state index contributed by atoms with van der Waals surface area (Å²) in [5.74, 6) is 0.239. The number of carbonyl (C=O) groups excluding carboxylic acids is 1. The molecule has 1 amide bonds. The summed E-state index contributed by atoms with van der Waals surface area (Å²) in [7, 11) is 0. The van der Waals surface area contributed by atoms with Gasteiger partial charge < -0.3 is 9.64 Å².